The molecule has 1 atom stereocenters. The lowest BCUT2D eigenvalue weighted by atomic mass is 10.1. The van der Waals surface area contributed by atoms with Crippen molar-refractivity contribution in [2.75, 3.05) is 7.11 Å². The largest absolute Gasteiger partial charge is 0.508 e. The molecule has 23 heavy (non-hydrogen) atoms. The van der Waals surface area contributed by atoms with E-state index in [2.05, 4.69) is 0 Å². The van der Waals surface area contributed by atoms with Crippen molar-refractivity contribution in [1.82, 2.24) is 0 Å². The standard InChI is InChI=1S/C17H19NO4.ClH/c1-21-15-4-2-3-13(9-15)11-22-17(20)16(18)10-12-5-7-14(19)8-6-12;/h2-9,16,19H,10-11,18H2,1H3;1H/t16-;/m0./s1. The molecule has 0 unspecified atom stereocenters. The van der Waals surface area contributed by atoms with Gasteiger partial charge in [-0.05, 0) is 41.8 Å². The first-order valence-electron chi connectivity index (χ1n) is 6.91. The number of halogens is 1. The Balaban J connectivity index is 0.00000264. The number of hydrogen-bond donors (Lipinski definition) is 2. The Labute approximate surface area is 141 Å². The number of nitrogens with two attached hydrogens (primary N) is 1. The molecule has 0 radical (unpaired) electrons. The first kappa shape index (κ1) is 18.8. The third-order valence-corrected chi connectivity index (χ3v) is 3.21. The fourth-order valence-corrected chi connectivity index (χ4v) is 1.99. The molecule has 0 amide bonds. The van der Waals surface area contributed by atoms with Gasteiger partial charge >= 0.3 is 5.97 Å². The first-order valence-corrected chi connectivity index (χ1v) is 6.91. The van der Waals surface area contributed by atoms with Gasteiger partial charge in [-0.25, -0.2) is 0 Å². The summed E-state index contributed by atoms with van der Waals surface area (Å²) in [6.07, 6.45) is 0.358. The van der Waals surface area contributed by atoms with Crippen LogP contribution in [0.3, 0.4) is 0 Å². The minimum Gasteiger partial charge on any atom is -0.508 e. The van der Waals surface area contributed by atoms with Crippen LogP contribution >= 0.6 is 12.4 Å². The monoisotopic (exact) mass is 337 g/mol. The Morgan fingerprint density at radius 1 is 1.17 bits per heavy atom. The van der Waals surface area contributed by atoms with Gasteiger partial charge < -0.3 is 20.3 Å². The Morgan fingerprint density at radius 3 is 2.52 bits per heavy atom. The van der Waals surface area contributed by atoms with Crippen molar-refractivity contribution in [1.29, 1.82) is 0 Å². The highest BCUT2D eigenvalue weighted by atomic mass is 35.5. The maximum absolute atomic E-state index is 11.9. The van der Waals surface area contributed by atoms with Gasteiger partial charge in [0.1, 0.15) is 24.1 Å². The van der Waals surface area contributed by atoms with Gasteiger partial charge in [-0.3, -0.25) is 4.79 Å². The van der Waals surface area contributed by atoms with Gasteiger partial charge in [0.2, 0.25) is 0 Å². The Kier molecular flexibility index (Phi) is 7.38. The third kappa shape index (κ3) is 5.81. The summed E-state index contributed by atoms with van der Waals surface area (Å²) in [5, 5.41) is 9.22. The van der Waals surface area contributed by atoms with Crippen LogP contribution < -0.4 is 10.5 Å². The van der Waals surface area contributed by atoms with Crippen LogP contribution in [0.4, 0.5) is 0 Å². The van der Waals surface area contributed by atoms with Crippen LogP contribution in [-0.2, 0) is 22.6 Å². The van der Waals surface area contributed by atoms with Gasteiger partial charge in [-0.15, -0.1) is 12.4 Å². The number of phenolic OH excluding ortho intramolecular Hbond substituents is 1. The van der Waals surface area contributed by atoms with Crippen LogP contribution in [0.2, 0.25) is 0 Å². The van der Waals surface area contributed by atoms with Crippen LogP contribution in [0.5, 0.6) is 11.5 Å². The Morgan fingerprint density at radius 2 is 1.87 bits per heavy atom. The maximum Gasteiger partial charge on any atom is 0.323 e. The summed E-state index contributed by atoms with van der Waals surface area (Å²) < 4.78 is 10.3. The molecule has 0 bridgehead atoms. The van der Waals surface area contributed by atoms with Crippen LogP contribution in [0, 0.1) is 0 Å². The normalized spacial score (nSPS) is 11.2. The summed E-state index contributed by atoms with van der Waals surface area (Å²) in [5.74, 6) is 0.427. The van der Waals surface area contributed by atoms with Gasteiger partial charge in [0.25, 0.3) is 0 Å². The average Bonchev–Trinajstić information content (AvgIpc) is 2.54. The molecule has 0 aromatic heterocycles. The summed E-state index contributed by atoms with van der Waals surface area (Å²) in [5.41, 5.74) is 7.55. The average molecular weight is 338 g/mol. The summed E-state index contributed by atoms with van der Waals surface area (Å²) in [6.45, 7) is 0.152. The van der Waals surface area contributed by atoms with E-state index >= 15 is 0 Å². The molecular weight excluding hydrogens is 318 g/mol. The SMILES string of the molecule is COc1cccc(COC(=O)[C@@H](N)Cc2ccc(O)cc2)c1.Cl. The molecule has 0 fully saturated rings. The molecule has 0 heterocycles. The molecule has 124 valence electrons. The number of esters is 1. The number of benzene rings is 2. The molecule has 2 aromatic carbocycles. The molecule has 6 heteroatoms. The zero-order valence-electron chi connectivity index (χ0n) is 12.8. The van der Waals surface area contributed by atoms with Gasteiger partial charge in [0.05, 0.1) is 7.11 Å². The zero-order valence-corrected chi connectivity index (χ0v) is 13.6. The number of hydrogen-bond acceptors (Lipinski definition) is 5. The molecule has 2 aromatic rings. The molecule has 3 N–H and O–H groups in total. The van der Waals surface area contributed by atoms with Crippen molar-refractivity contribution in [3.63, 3.8) is 0 Å². The molecule has 0 saturated heterocycles. The van der Waals surface area contributed by atoms with E-state index in [1.165, 1.54) is 0 Å². The number of aromatic hydroxyl groups is 1. The third-order valence-electron chi connectivity index (χ3n) is 3.21. The topological polar surface area (TPSA) is 81.8 Å². The fraction of sp³-hybridized carbons (Fsp3) is 0.235. The molecule has 0 spiro atoms. The fourth-order valence-electron chi connectivity index (χ4n) is 1.99. The molecule has 0 aliphatic carbocycles. The summed E-state index contributed by atoms with van der Waals surface area (Å²) in [6, 6.07) is 13.1. The van der Waals surface area contributed by atoms with E-state index in [9.17, 15) is 9.90 Å². The minimum atomic E-state index is -0.741. The van der Waals surface area contributed by atoms with Crippen LogP contribution in [0.1, 0.15) is 11.1 Å². The van der Waals surface area contributed by atoms with E-state index in [-0.39, 0.29) is 24.8 Å². The number of rotatable bonds is 6. The van der Waals surface area contributed by atoms with Crippen LogP contribution in [0.25, 0.3) is 0 Å². The van der Waals surface area contributed by atoms with Gasteiger partial charge in [0, 0.05) is 0 Å². The second-order valence-electron chi connectivity index (χ2n) is 4.94. The number of ether oxygens (including phenoxy) is 2. The van der Waals surface area contributed by atoms with Crippen LogP contribution in [0.15, 0.2) is 48.5 Å². The lowest BCUT2D eigenvalue weighted by Gasteiger charge is -2.12. The quantitative estimate of drug-likeness (QED) is 0.791. The molecule has 0 saturated carbocycles. The lowest BCUT2D eigenvalue weighted by Crippen LogP contribution is -2.34. The molecule has 5 nitrogen and oxygen atoms in total. The maximum atomic E-state index is 11.9. The van der Waals surface area contributed by atoms with Crippen molar-refractivity contribution < 1.29 is 19.4 Å². The van der Waals surface area contributed by atoms with Crippen molar-refractivity contribution >= 4 is 18.4 Å². The Hall–Kier alpha value is -2.24. The highest BCUT2D eigenvalue weighted by Gasteiger charge is 2.16. The second-order valence-corrected chi connectivity index (χ2v) is 4.94. The molecule has 0 aliphatic rings. The van der Waals surface area contributed by atoms with E-state index in [1.807, 2.05) is 18.2 Å². The molecule has 0 aliphatic heterocycles. The van der Waals surface area contributed by atoms with E-state index in [0.29, 0.717) is 12.2 Å². The highest BCUT2D eigenvalue weighted by Crippen LogP contribution is 2.14. The number of carbonyl (C=O) groups excluding carboxylic acids is 1. The van der Waals surface area contributed by atoms with Crippen molar-refractivity contribution in [2.45, 2.75) is 19.1 Å². The molecular formula is C17H20ClNO4. The summed E-state index contributed by atoms with van der Waals surface area (Å²) in [4.78, 5) is 11.9. The number of carbonyl (C=O) groups is 1. The van der Waals surface area contributed by atoms with E-state index in [4.69, 9.17) is 15.2 Å². The van der Waals surface area contributed by atoms with Crippen molar-refractivity contribution in [2.24, 2.45) is 5.73 Å². The second kappa shape index (κ2) is 9.02. The van der Waals surface area contributed by atoms with E-state index in [0.717, 1.165) is 11.1 Å². The molecule has 2 rings (SSSR count). The van der Waals surface area contributed by atoms with Crippen molar-refractivity contribution in [3.05, 3.63) is 59.7 Å². The lowest BCUT2D eigenvalue weighted by molar-refractivity contribution is -0.146. The number of methoxy groups -OCH3 is 1. The van der Waals surface area contributed by atoms with Crippen LogP contribution in [-0.4, -0.2) is 24.2 Å². The highest BCUT2D eigenvalue weighted by molar-refractivity contribution is 5.85. The zero-order chi connectivity index (χ0) is 15.9. The minimum absolute atomic E-state index is 0. The van der Waals surface area contributed by atoms with E-state index in [1.54, 1.807) is 37.4 Å². The first-order chi connectivity index (χ1) is 10.6. The summed E-state index contributed by atoms with van der Waals surface area (Å²) in [7, 11) is 1.58. The Bertz CT molecular complexity index is 631. The predicted molar refractivity (Wildman–Crippen MR) is 89.8 cm³/mol. The van der Waals surface area contributed by atoms with Gasteiger partial charge in [-0.2, -0.15) is 0 Å². The van der Waals surface area contributed by atoms with Gasteiger partial charge in [-0.1, -0.05) is 24.3 Å². The summed E-state index contributed by atoms with van der Waals surface area (Å²) >= 11 is 0. The number of phenols is 1. The van der Waals surface area contributed by atoms with E-state index < -0.39 is 12.0 Å². The predicted octanol–water partition coefficient (Wildman–Crippen LogP) is 2.44. The smallest absolute Gasteiger partial charge is 0.323 e. The van der Waals surface area contributed by atoms with Gasteiger partial charge in [0.15, 0.2) is 0 Å². The van der Waals surface area contributed by atoms with Crippen molar-refractivity contribution in [3.8, 4) is 11.5 Å².